The second-order valence-electron chi connectivity index (χ2n) is 5.03. The van der Waals surface area contributed by atoms with Crippen molar-refractivity contribution in [1.82, 2.24) is 24.1 Å². The van der Waals surface area contributed by atoms with E-state index in [1.165, 1.54) is 6.92 Å². The average Bonchev–Trinajstić information content (AvgIpc) is 3.06. The molecule has 3 heterocycles. The fourth-order valence-electron chi connectivity index (χ4n) is 2.26. The van der Waals surface area contributed by atoms with Crippen LogP contribution < -0.4 is 5.32 Å². The highest BCUT2D eigenvalue weighted by molar-refractivity contribution is 5.90. The molecule has 0 fully saturated rings. The normalized spacial score (nSPS) is 10.7. The van der Waals surface area contributed by atoms with E-state index in [-0.39, 0.29) is 5.91 Å². The molecule has 7 heteroatoms. The smallest absolute Gasteiger partial charge is 0.221 e. The molecule has 0 spiro atoms. The Hall–Kier alpha value is -2.96. The van der Waals surface area contributed by atoms with E-state index in [0.29, 0.717) is 17.1 Å². The van der Waals surface area contributed by atoms with Crippen molar-refractivity contribution in [3.8, 4) is 23.0 Å². The van der Waals surface area contributed by atoms with Crippen molar-refractivity contribution in [1.29, 1.82) is 0 Å². The number of nitrogens with one attached hydrogen (secondary N) is 1. The van der Waals surface area contributed by atoms with Crippen LogP contribution in [0.4, 0.5) is 5.69 Å². The Morgan fingerprint density at radius 3 is 1.86 bits per heavy atom. The molecule has 3 aromatic rings. The van der Waals surface area contributed by atoms with Crippen molar-refractivity contribution in [2.75, 3.05) is 5.32 Å². The number of carbonyl (C=O) groups is 1. The van der Waals surface area contributed by atoms with Crippen molar-refractivity contribution in [2.45, 2.75) is 6.92 Å². The van der Waals surface area contributed by atoms with Crippen LogP contribution in [0.3, 0.4) is 0 Å². The molecule has 0 aliphatic rings. The second kappa shape index (κ2) is 5.44. The highest BCUT2D eigenvalue weighted by atomic mass is 16.1. The number of rotatable bonds is 3. The summed E-state index contributed by atoms with van der Waals surface area (Å²) in [4.78, 5) is 24.6. The van der Waals surface area contributed by atoms with Gasteiger partial charge in [0.1, 0.15) is 11.4 Å². The second-order valence-corrected chi connectivity index (χ2v) is 5.03. The number of aromatic nitrogens is 5. The van der Waals surface area contributed by atoms with E-state index >= 15 is 0 Å². The third-order valence-corrected chi connectivity index (χ3v) is 3.25. The van der Waals surface area contributed by atoms with Crippen molar-refractivity contribution in [3.05, 3.63) is 36.9 Å². The summed E-state index contributed by atoms with van der Waals surface area (Å²) in [6.45, 7) is 1.47. The van der Waals surface area contributed by atoms with Gasteiger partial charge < -0.3 is 14.5 Å². The van der Waals surface area contributed by atoms with E-state index in [0.717, 1.165) is 11.6 Å². The van der Waals surface area contributed by atoms with Crippen molar-refractivity contribution in [3.63, 3.8) is 0 Å². The molecular weight excluding hydrogens is 280 g/mol. The number of hydrogen-bond acceptors (Lipinski definition) is 4. The maximum Gasteiger partial charge on any atom is 0.221 e. The van der Waals surface area contributed by atoms with E-state index in [1.54, 1.807) is 24.5 Å². The third kappa shape index (κ3) is 2.60. The molecule has 1 amide bonds. The van der Waals surface area contributed by atoms with Gasteiger partial charge in [0.25, 0.3) is 0 Å². The number of imidazole rings is 2. The number of nitrogens with zero attached hydrogens (tertiary/aromatic N) is 5. The topological polar surface area (TPSA) is 77.6 Å². The maximum atomic E-state index is 11.4. The molecule has 0 atom stereocenters. The van der Waals surface area contributed by atoms with Gasteiger partial charge in [0.15, 0.2) is 11.6 Å². The summed E-state index contributed by atoms with van der Waals surface area (Å²) in [5.41, 5.74) is 2.02. The molecule has 0 saturated heterocycles. The number of aryl methyl sites for hydroxylation is 2. The number of carbonyl (C=O) groups excluding carboxylic acids is 1. The Bertz CT molecular complexity index is 774. The number of amides is 1. The van der Waals surface area contributed by atoms with Crippen molar-refractivity contribution in [2.24, 2.45) is 14.1 Å². The third-order valence-electron chi connectivity index (χ3n) is 3.25. The lowest BCUT2D eigenvalue weighted by Crippen LogP contribution is -2.07. The van der Waals surface area contributed by atoms with Gasteiger partial charge in [0.2, 0.25) is 5.91 Å². The van der Waals surface area contributed by atoms with E-state index in [4.69, 9.17) is 0 Å². The van der Waals surface area contributed by atoms with Gasteiger partial charge in [-0.05, 0) is 12.1 Å². The minimum absolute atomic E-state index is 0.136. The van der Waals surface area contributed by atoms with E-state index in [1.807, 2.05) is 35.6 Å². The van der Waals surface area contributed by atoms with Gasteiger partial charge in [0.05, 0.1) is 0 Å². The fraction of sp³-hybridized carbons (Fsp3) is 0.200. The molecule has 3 rings (SSSR count). The molecule has 0 saturated carbocycles. The molecule has 0 radical (unpaired) electrons. The van der Waals surface area contributed by atoms with Gasteiger partial charge in [0, 0.05) is 51.5 Å². The van der Waals surface area contributed by atoms with Gasteiger partial charge >= 0.3 is 0 Å². The molecule has 0 aliphatic carbocycles. The lowest BCUT2D eigenvalue weighted by Gasteiger charge is -2.09. The first-order chi connectivity index (χ1) is 10.5. The molecule has 112 valence electrons. The summed E-state index contributed by atoms with van der Waals surface area (Å²) in [6, 6.07) is 3.60. The van der Waals surface area contributed by atoms with Crippen LogP contribution in [0.2, 0.25) is 0 Å². The first-order valence-corrected chi connectivity index (χ1v) is 6.79. The summed E-state index contributed by atoms with van der Waals surface area (Å²) in [5.74, 6) is 1.31. The van der Waals surface area contributed by atoms with E-state index in [2.05, 4.69) is 20.3 Å². The first kappa shape index (κ1) is 14.0. The Morgan fingerprint density at radius 1 is 1.00 bits per heavy atom. The molecule has 7 nitrogen and oxygen atoms in total. The first-order valence-electron chi connectivity index (χ1n) is 6.79. The van der Waals surface area contributed by atoms with E-state index in [9.17, 15) is 4.79 Å². The number of hydrogen-bond donors (Lipinski definition) is 1. The molecule has 22 heavy (non-hydrogen) atoms. The lowest BCUT2D eigenvalue weighted by molar-refractivity contribution is -0.114. The van der Waals surface area contributed by atoms with Crippen molar-refractivity contribution >= 4 is 11.6 Å². The Kier molecular flexibility index (Phi) is 3.46. The van der Waals surface area contributed by atoms with Crippen LogP contribution in [-0.2, 0) is 18.9 Å². The number of pyridine rings is 1. The highest BCUT2D eigenvalue weighted by Gasteiger charge is 2.13. The van der Waals surface area contributed by atoms with Gasteiger partial charge in [-0.25, -0.2) is 15.0 Å². The van der Waals surface area contributed by atoms with Crippen LogP contribution in [0.15, 0.2) is 36.9 Å². The zero-order valence-corrected chi connectivity index (χ0v) is 12.6. The summed E-state index contributed by atoms with van der Waals surface area (Å²) in [5, 5.41) is 2.80. The number of anilines is 1. The average molecular weight is 296 g/mol. The van der Waals surface area contributed by atoms with Crippen LogP contribution >= 0.6 is 0 Å². The van der Waals surface area contributed by atoms with Crippen LogP contribution in [0.25, 0.3) is 23.0 Å². The molecule has 0 aromatic carbocycles. The molecular formula is C15H16N6O. The van der Waals surface area contributed by atoms with Crippen LogP contribution in [-0.4, -0.2) is 30.0 Å². The van der Waals surface area contributed by atoms with Crippen LogP contribution in [0.5, 0.6) is 0 Å². The highest BCUT2D eigenvalue weighted by Crippen LogP contribution is 2.25. The Morgan fingerprint density at radius 2 is 1.50 bits per heavy atom. The van der Waals surface area contributed by atoms with Crippen LogP contribution in [0.1, 0.15) is 6.92 Å². The molecule has 0 aliphatic heterocycles. The van der Waals surface area contributed by atoms with E-state index < -0.39 is 0 Å². The zero-order valence-electron chi connectivity index (χ0n) is 12.6. The molecule has 0 unspecified atom stereocenters. The predicted molar refractivity (Wildman–Crippen MR) is 82.9 cm³/mol. The molecule has 3 aromatic heterocycles. The Balaban J connectivity index is 2.16. The molecule has 1 N–H and O–H groups in total. The molecule has 0 bridgehead atoms. The zero-order chi connectivity index (χ0) is 15.7. The van der Waals surface area contributed by atoms with Gasteiger partial charge in [-0.2, -0.15) is 0 Å². The quantitative estimate of drug-likeness (QED) is 0.800. The minimum atomic E-state index is -0.136. The van der Waals surface area contributed by atoms with Crippen molar-refractivity contribution < 1.29 is 4.79 Å². The summed E-state index contributed by atoms with van der Waals surface area (Å²) >= 11 is 0. The SMILES string of the molecule is CC(=O)Nc1cc(-c2nccn2C)nc(-c2nccn2C)c1. The Labute approximate surface area is 127 Å². The standard InChI is InChI=1S/C15H16N6O/c1-10(22)18-11-8-12(14-16-4-6-20(14)2)19-13(9-11)15-17-5-7-21(15)3/h4-9H,1-3H3,(H,18,19,22). The summed E-state index contributed by atoms with van der Waals surface area (Å²) in [7, 11) is 3.80. The lowest BCUT2D eigenvalue weighted by atomic mass is 10.2. The summed E-state index contributed by atoms with van der Waals surface area (Å²) in [6.07, 6.45) is 7.12. The fourth-order valence-corrected chi connectivity index (χ4v) is 2.26. The van der Waals surface area contributed by atoms with Crippen LogP contribution in [0, 0.1) is 0 Å². The van der Waals surface area contributed by atoms with Gasteiger partial charge in [-0.1, -0.05) is 0 Å². The largest absolute Gasteiger partial charge is 0.333 e. The minimum Gasteiger partial charge on any atom is -0.333 e. The summed E-state index contributed by atoms with van der Waals surface area (Å²) < 4.78 is 3.75. The van der Waals surface area contributed by atoms with Gasteiger partial charge in [-0.15, -0.1) is 0 Å². The monoisotopic (exact) mass is 296 g/mol. The maximum absolute atomic E-state index is 11.4. The predicted octanol–water partition coefficient (Wildman–Crippen LogP) is 1.84. The van der Waals surface area contributed by atoms with Gasteiger partial charge in [-0.3, -0.25) is 4.79 Å².